The Labute approximate surface area is 117 Å². The van der Waals surface area contributed by atoms with Crippen molar-refractivity contribution < 1.29 is 9.53 Å². The molecular weight excluding hydrogens is 264 g/mol. The Morgan fingerprint density at radius 1 is 1.28 bits per heavy atom. The maximum atomic E-state index is 10.9. The molecule has 0 aliphatic carbocycles. The number of carbonyl (C=O) groups excluding carboxylic acids is 1. The van der Waals surface area contributed by atoms with Crippen LogP contribution in [0.2, 0.25) is 19.1 Å². The number of rotatable bonds is 10. The molecule has 18 heavy (non-hydrogen) atoms. The summed E-state index contributed by atoms with van der Waals surface area (Å²) in [6.07, 6.45) is 8.26. The molecular formula is C14H27ClO2Si. The monoisotopic (exact) mass is 290 g/mol. The number of carbonyl (C=O) groups is 1. The molecule has 1 unspecified atom stereocenters. The molecule has 0 fully saturated rings. The van der Waals surface area contributed by atoms with Gasteiger partial charge in [0.2, 0.25) is 0 Å². The van der Waals surface area contributed by atoms with Gasteiger partial charge in [-0.1, -0.05) is 45.4 Å². The van der Waals surface area contributed by atoms with Crippen molar-refractivity contribution >= 4 is 24.4 Å². The van der Waals surface area contributed by atoms with E-state index in [1.807, 2.05) is 6.92 Å². The summed E-state index contributed by atoms with van der Waals surface area (Å²) >= 11 is 6.26. The number of hydrogen-bond acceptors (Lipinski definition) is 2. The van der Waals surface area contributed by atoms with Crippen molar-refractivity contribution in [3.05, 3.63) is 12.7 Å². The van der Waals surface area contributed by atoms with E-state index in [0.29, 0.717) is 0 Å². The molecule has 0 saturated heterocycles. The molecule has 0 heterocycles. The van der Waals surface area contributed by atoms with Crippen LogP contribution in [-0.4, -0.2) is 19.5 Å². The third-order valence-electron chi connectivity index (χ3n) is 2.87. The van der Waals surface area contributed by atoms with Gasteiger partial charge in [-0.3, -0.25) is 0 Å². The van der Waals surface area contributed by atoms with E-state index in [0.717, 1.165) is 12.8 Å². The second-order valence-electron chi connectivity index (χ2n) is 5.48. The summed E-state index contributed by atoms with van der Waals surface area (Å²) in [6.45, 7) is 9.71. The minimum absolute atomic E-state index is 0.00434. The van der Waals surface area contributed by atoms with Crippen LogP contribution in [0, 0.1) is 0 Å². The number of halogens is 1. The van der Waals surface area contributed by atoms with Gasteiger partial charge in [-0.2, -0.15) is 11.1 Å². The summed E-state index contributed by atoms with van der Waals surface area (Å²) in [5.74, 6) is -0.322. The summed E-state index contributed by atoms with van der Waals surface area (Å²) < 4.78 is 5.10. The molecule has 0 radical (unpaired) electrons. The lowest BCUT2D eigenvalue weighted by Crippen LogP contribution is -2.15. The zero-order valence-corrected chi connectivity index (χ0v) is 13.8. The Balaban J connectivity index is 3.35. The predicted octanol–water partition coefficient (Wildman–Crippen LogP) is 4.89. The maximum Gasteiger partial charge on any atom is 0.330 e. The standard InChI is InChI=1S/C14H27ClO2Si/c1-5-14(16)17-13(2)11-9-7-6-8-10-12-18(3,4)15/h5,13H,1,6-12H2,2-4H3. The molecule has 0 saturated carbocycles. The third kappa shape index (κ3) is 12.2. The second-order valence-corrected chi connectivity index (χ2v) is 12.5. The van der Waals surface area contributed by atoms with Gasteiger partial charge >= 0.3 is 5.97 Å². The van der Waals surface area contributed by atoms with Gasteiger partial charge in [0, 0.05) is 6.08 Å². The highest BCUT2D eigenvalue weighted by Gasteiger charge is 2.15. The highest BCUT2D eigenvalue weighted by molar-refractivity contribution is 7.19. The quantitative estimate of drug-likeness (QED) is 0.188. The Morgan fingerprint density at radius 3 is 2.39 bits per heavy atom. The van der Waals surface area contributed by atoms with Gasteiger partial charge in [-0.15, -0.1) is 0 Å². The van der Waals surface area contributed by atoms with E-state index in [2.05, 4.69) is 19.7 Å². The first-order chi connectivity index (χ1) is 8.35. The van der Waals surface area contributed by atoms with E-state index in [9.17, 15) is 4.79 Å². The Morgan fingerprint density at radius 2 is 1.83 bits per heavy atom. The van der Waals surface area contributed by atoms with Gasteiger partial charge in [0.25, 0.3) is 0 Å². The maximum absolute atomic E-state index is 10.9. The second kappa shape index (κ2) is 9.62. The number of unbranched alkanes of at least 4 members (excludes halogenated alkanes) is 4. The zero-order valence-electron chi connectivity index (χ0n) is 12.0. The molecule has 0 aliphatic heterocycles. The van der Waals surface area contributed by atoms with E-state index in [4.69, 9.17) is 15.8 Å². The van der Waals surface area contributed by atoms with Crippen molar-refractivity contribution in [3.8, 4) is 0 Å². The van der Waals surface area contributed by atoms with Gasteiger partial charge in [0.05, 0.1) is 6.10 Å². The molecule has 0 amide bonds. The molecule has 106 valence electrons. The summed E-state index contributed by atoms with van der Waals surface area (Å²) in [7, 11) is -1.36. The molecule has 0 aromatic rings. The van der Waals surface area contributed by atoms with Crippen LogP contribution in [0.25, 0.3) is 0 Å². The molecule has 0 aliphatic rings. The number of hydrogen-bond donors (Lipinski definition) is 0. The molecule has 0 aromatic heterocycles. The normalized spacial score (nSPS) is 13.1. The van der Waals surface area contributed by atoms with Crippen molar-refractivity contribution in [1.29, 1.82) is 0 Å². The van der Waals surface area contributed by atoms with E-state index < -0.39 is 7.38 Å². The van der Waals surface area contributed by atoms with E-state index in [-0.39, 0.29) is 12.1 Å². The Bertz CT molecular complexity index is 249. The lowest BCUT2D eigenvalue weighted by molar-refractivity contribution is -0.142. The minimum Gasteiger partial charge on any atom is -0.460 e. The molecule has 0 spiro atoms. The van der Waals surface area contributed by atoms with Gasteiger partial charge in [0.1, 0.15) is 7.38 Å². The highest BCUT2D eigenvalue weighted by Crippen LogP contribution is 2.19. The SMILES string of the molecule is C=CC(=O)OC(C)CCCCCCC[Si](C)(C)Cl. The molecule has 0 rings (SSSR count). The van der Waals surface area contributed by atoms with Crippen molar-refractivity contribution in [1.82, 2.24) is 0 Å². The summed E-state index contributed by atoms with van der Waals surface area (Å²) in [5.41, 5.74) is 0. The lowest BCUT2D eigenvalue weighted by atomic mass is 10.1. The molecule has 0 N–H and O–H groups in total. The molecule has 1 atom stereocenters. The van der Waals surface area contributed by atoms with Crippen molar-refractivity contribution in [2.45, 2.75) is 70.7 Å². The van der Waals surface area contributed by atoms with Crippen LogP contribution in [0.1, 0.15) is 45.4 Å². The van der Waals surface area contributed by atoms with Crippen molar-refractivity contribution in [2.24, 2.45) is 0 Å². The van der Waals surface area contributed by atoms with Crippen LogP contribution >= 0.6 is 11.1 Å². The van der Waals surface area contributed by atoms with Crippen LogP contribution in [0.15, 0.2) is 12.7 Å². The Kier molecular flexibility index (Phi) is 9.47. The fourth-order valence-corrected chi connectivity index (χ4v) is 3.30. The smallest absolute Gasteiger partial charge is 0.330 e. The van der Waals surface area contributed by atoms with E-state index >= 15 is 0 Å². The van der Waals surface area contributed by atoms with Crippen molar-refractivity contribution in [2.75, 3.05) is 0 Å². The van der Waals surface area contributed by atoms with Gasteiger partial charge in [-0.25, -0.2) is 4.79 Å². The van der Waals surface area contributed by atoms with Crippen LogP contribution in [0.4, 0.5) is 0 Å². The Hall–Kier alpha value is -0.283. The topological polar surface area (TPSA) is 26.3 Å². The minimum atomic E-state index is -1.36. The highest BCUT2D eigenvalue weighted by atomic mass is 35.6. The van der Waals surface area contributed by atoms with Gasteiger partial charge in [-0.05, 0) is 25.8 Å². The van der Waals surface area contributed by atoms with Crippen molar-refractivity contribution in [3.63, 3.8) is 0 Å². The largest absolute Gasteiger partial charge is 0.460 e. The van der Waals surface area contributed by atoms with E-state index in [1.54, 1.807) is 0 Å². The fourth-order valence-electron chi connectivity index (χ4n) is 1.81. The molecule has 0 aromatic carbocycles. The fraction of sp³-hybridized carbons (Fsp3) is 0.786. The first kappa shape index (κ1) is 17.7. The summed E-state index contributed by atoms with van der Waals surface area (Å²) in [5, 5.41) is 0. The van der Waals surface area contributed by atoms with Gasteiger partial charge < -0.3 is 4.74 Å². The number of ether oxygens (including phenoxy) is 1. The van der Waals surface area contributed by atoms with E-state index in [1.165, 1.54) is 37.8 Å². The average molecular weight is 291 g/mol. The first-order valence-electron chi connectivity index (χ1n) is 6.87. The summed E-state index contributed by atoms with van der Waals surface area (Å²) in [4.78, 5) is 10.9. The summed E-state index contributed by atoms with van der Waals surface area (Å²) in [6, 6.07) is 1.21. The number of esters is 1. The van der Waals surface area contributed by atoms with Crippen LogP contribution in [-0.2, 0) is 9.53 Å². The van der Waals surface area contributed by atoms with Gasteiger partial charge in [0.15, 0.2) is 0 Å². The third-order valence-corrected chi connectivity index (χ3v) is 4.98. The lowest BCUT2D eigenvalue weighted by Gasteiger charge is -2.13. The molecule has 4 heteroatoms. The zero-order chi connectivity index (χ0) is 14.0. The molecule has 0 bridgehead atoms. The van der Waals surface area contributed by atoms with Crippen LogP contribution in [0.3, 0.4) is 0 Å². The predicted molar refractivity (Wildman–Crippen MR) is 81.6 cm³/mol. The average Bonchev–Trinajstić information content (AvgIpc) is 2.26. The van der Waals surface area contributed by atoms with Crippen LogP contribution < -0.4 is 0 Å². The first-order valence-corrected chi connectivity index (χ1v) is 11.1. The van der Waals surface area contributed by atoms with Crippen LogP contribution in [0.5, 0.6) is 0 Å². The molecule has 2 nitrogen and oxygen atoms in total.